The van der Waals surface area contributed by atoms with E-state index in [9.17, 15) is 9.59 Å². The van der Waals surface area contributed by atoms with Crippen molar-refractivity contribution < 1.29 is 19.1 Å². The lowest BCUT2D eigenvalue weighted by Crippen LogP contribution is -2.20. The van der Waals surface area contributed by atoms with Gasteiger partial charge in [0.15, 0.2) is 11.5 Å². The third-order valence-electron chi connectivity index (χ3n) is 3.99. The van der Waals surface area contributed by atoms with Crippen LogP contribution in [0.25, 0.3) is 11.4 Å². The van der Waals surface area contributed by atoms with Gasteiger partial charge < -0.3 is 20.5 Å². The van der Waals surface area contributed by atoms with E-state index in [2.05, 4.69) is 20.7 Å². The highest BCUT2D eigenvalue weighted by Crippen LogP contribution is 2.30. The third-order valence-corrected chi connectivity index (χ3v) is 3.99. The number of tetrazole rings is 1. The molecule has 0 aliphatic heterocycles. The molecule has 0 bridgehead atoms. The van der Waals surface area contributed by atoms with Gasteiger partial charge in [0.25, 0.3) is 0 Å². The van der Waals surface area contributed by atoms with Gasteiger partial charge in [-0.2, -0.15) is 4.80 Å². The number of carbonyl (C=O) groups is 2. The number of nitrogens with zero attached hydrogens (tertiary/aromatic N) is 4. The molecule has 10 heteroatoms. The summed E-state index contributed by atoms with van der Waals surface area (Å²) < 4.78 is 11.1. The molecule has 0 fully saturated rings. The summed E-state index contributed by atoms with van der Waals surface area (Å²) in [4.78, 5) is 24.7. The highest BCUT2D eigenvalue weighted by Gasteiger charge is 2.12. The van der Waals surface area contributed by atoms with Crippen LogP contribution in [0.4, 0.5) is 5.69 Å². The first-order valence-corrected chi connectivity index (χ1v) is 9.37. The molecule has 0 unspecified atom stereocenters. The fourth-order valence-corrected chi connectivity index (χ4v) is 2.67. The van der Waals surface area contributed by atoms with Crippen LogP contribution in [0, 0.1) is 0 Å². The summed E-state index contributed by atoms with van der Waals surface area (Å²) in [5.74, 6) is 0.657. The first-order valence-electron chi connectivity index (χ1n) is 9.37. The number of hydrogen-bond acceptors (Lipinski definition) is 7. The number of benzene rings is 2. The number of aromatic nitrogens is 4. The SMILES string of the molecule is CCOc1ccc(NC(=O)Cn2nnc(-c3ccc(C(N)=O)cc3)n2)cc1OCC. The number of anilines is 1. The van der Waals surface area contributed by atoms with Gasteiger partial charge in [-0.3, -0.25) is 9.59 Å². The number of nitrogens with one attached hydrogen (secondary N) is 1. The molecule has 1 aromatic heterocycles. The summed E-state index contributed by atoms with van der Waals surface area (Å²) in [6.07, 6.45) is 0. The van der Waals surface area contributed by atoms with E-state index < -0.39 is 5.91 Å². The number of carbonyl (C=O) groups excluding carboxylic acids is 2. The lowest BCUT2D eigenvalue weighted by Gasteiger charge is -2.12. The summed E-state index contributed by atoms with van der Waals surface area (Å²) in [6, 6.07) is 11.7. The molecule has 0 atom stereocenters. The van der Waals surface area contributed by atoms with E-state index in [1.54, 1.807) is 42.5 Å². The summed E-state index contributed by atoms with van der Waals surface area (Å²) in [5.41, 5.74) is 6.83. The van der Waals surface area contributed by atoms with Gasteiger partial charge in [-0.15, -0.1) is 10.2 Å². The molecule has 2 aromatic carbocycles. The highest BCUT2D eigenvalue weighted by atomic mass is 16.5. The normalized spacial score (nSPS) is 10.5. The standard InChI is InChI=1S/C20H22N6O4/c1-3-29-16-10-9-15(11-17(16)30-4-2)22-18(27)12-26-24-20(23-25-26)14-7-5-13(6-8-14)19(21)28/h5-11H,3-4,12H2,1-2H3,(H2,21,28)(H,22,27). The molecular weight excluding hydrogens is 388 g/mol. The van der Waals surface area contributed by atoms with Gasteiger partial charge in [0.1, 0.15) is 6.54 Å². The van der Waals surface area contributed by atoms with Crippen LogP contribution in [0.1, 0.15) is 24.2 Å². The Kier molecular flexibility index (Phi) is 6.58. The molecule has 0 radical (unpaired) electrons. The lowest BCUT2D eigenvalue weighted by molar-refractivity contribution is -0.117. The number of ether oxygens (including phenoxy) is 2. The second-order valence-electron chi connectivity index (χ2n) is 6.16. The van der Waals surface area contributed by atoms with Crippen molar-refractivity contribution >= 4 is 17.5 Å². The van der Waals surface area contributed by atoms with Crippen molar-refractivity contribution in [2.75, 3.05) is 18.5 Å². The Morgan fingerprint density at radius 2 is 1.73 bits per heavy atom. The summed E-state index contributed by atoms with van der Waals surface area (Å²) in [7, 11) is 0. The summed E-state index contributed by atoms with van der Waals surface area (Å²) in [6.45, 7) is 4.62. The minimum atomic E-state index is -0.517. The van der Waals surface area contributed by atoms with Gasteiger partial charge in [0, 0.05) is 22.9 Å². The van der Waals surface area contributed by atoms with E-state index in [1.807, 2.05) is 13.8 Å². The molecule has 0 spiro atoms. The Labute approximate surface area is 173 Å². The van der Waals surface area contributed by atoms with Gasteiger partial charge in [-0.1, -0.05) is 12.1 Å². The van der Waals surface area contributed by atoms with E-state index in [1.165, 1.54) is 4.80 Å². The van der Waals surface area contributed by atoms with Crippen molar-refractivity contribution in [2.45, 2.75) is 20.4 Å². The van der Waals surface area contributed by atoms with Crippen LogP contribution in [-0.2, 0) is 11.3 Å². The first kappa shape index (κ1) is 20.8. The molecule has 3 aromatic rings. The van der Waals surface area contributed by atoms with Crippen molar-refractivity contribution in [3.63, 3.8) is 0 Å². The van der Waals surface area contributed by atoms with Crippen molar-refractivity contribution in [3.05, 3.63) is 48.0 Å². The molecule has 0 saturated heterocycles. The molecule has 0 aliphatic rings. The number of rotatable bonds is 9. The number of primary amides is 1. The zero-order chi connectivity index (χ0) is 21.5. The molecule has 1 heterocycles. The van der Waals surface area contributed by atoms with Crippen molar-refractivity contribution in [1.82, 2.24) is 20.2 Å². The summed E-state index contributed by atoms with van der Waals surface area (Å²) in [5, 5.41) is 14.8. The monoisotopic (exact) mass is 410 g/mol. The van der Waals surface area contributed by atoms with Gasteiger partial charge in [0.05, 0.1) is 13.2 Å². The molecular formula is C20H22N6O4. The minimum absolute atomic E-state index is 0.121. The number of hydrogen-bond donors (Lipinski definition) is 2. The molecule has 10 nitrogen and oxygen atoms in total. The molecule has 30 heavy (non-hydrogen) atoms. The van der Waals surface area contributed by atoms with Crippen LogP contribution in [0.5, 0.6) is 11.5 Å². The Hall–Kier alpha value is -3.95. The molecule has 3 rings (SSSR count). The average Bonchev–Trinajstić information content (AvgIpc) is 3.18. The Morgan fingerprint density at radius 1 is 1.03 bits per heavy atom. The van der Waals surface area contributed by atoms with E-state index in [0.717, 1.165) is 0 Å². The number of nitrogens with two attached hydrogens (primary N) is 1. The minimum Gasteiger partial charge on any atom is -0.490 e. The van der Waals surface area contributed by atoms with Crippen LogP contribution in [0.3, 0.4) is 0 Å². The van der Waals surface area contributed by atoms with Crippen LogP contribution in [-0.4, -0.2) is 45.2 Å². The topological polar surface area (TPSA) is 134 Å². The fraction of sp³-hybridized carbons (Fsp3) is 0.250. The van der Waals surface area contributed by atoms with Crippen LogP contribution in [0.2, 0.25) is 0 Å². The third kappa shape index (κ3) is 5.10. The van der Waals surface area contributed by atoms with Crippen LogP contribution >= 0.6 is 0 Å². The molecule has 3 N–H and O–H groups in total. The Balaban J connectivity index is 1.65. The van der Waals surface area contributed by atoms with E-state index >= 15 is 0 Å². The maximum Gasteiger partial charge on any atom is 0.248 e. The van der Waals surface area contributed by atoms with Gasteiger partial charge in [0.2, 0.25) is 17.6 Å². The van der Waals surface area contributed by atoms with Crippen molar-refractivity contribution in [3.8, 4) is 22.9 Å². The van der Waals surface area contributed by atoms with Gasteiger partial charge in [-0.05, 0) is 43.3 Å². The lowest BCUT2D eigenvalue weighted by atomic mass is 10.1. The van der Waals surface area contributed by atoms with Crippen molar-refractivity contribution in [1.29, 1.82) is 0 Å². The zero-order valence-corrected chi connectivity index (χ0v) is 16.7. The van der Waals surface area contributed by atoms with E-state index in [4.69, 9.17) is 15.2 Å². The number of amides is 2. The van der Waals surface area contributed by atoms with Crippen LogP contribution in [0.15, 0.2) is 42.5 Å². The maximum absolute atomic E-state index is 12.4. The van der Waals surface area contributed by atoms with Crippen LogP contribution < -0.4 is 20.5 Å². The molecule has 2 amide bonds. The molecule has 156 valence electrons. The molecule has 0 aliphatic carbocycles. The van der Waals surface area contributed by atoms with E-state index in [-0.39, 0.29) is 12.5 Å². The largest absolute Gasteiger partial charge is 0.490 e. The molecule has 0 saturated carbocycles. The van der Waals surface area contributed by atoms with Gasteiger partial charge in [-0.25, -0.2) is 0 Å². The van der Waals surface area contributed by atoms with E-state index in [0.29, 0.717) is 47.4 Å². The Bertz CT molecular complexity index is 1030. The maximum atomic E-state index is 12.4. The quantitative estimate of drug-likeness (QED) is 0.550. The second-order valence-corrected chi connectivity index (χ2v) is 6.16. The predicted octanol–water partition coefficient (Wildman–Crippen LogP) is 1.88. The summed E-state index contributed by atoms with van der Waals surface area (Å²) >= 11 is 0. The smallest absolute Gasteiger partial charge is 0.248 e. The van der Waals surface area contributed by atoms with Gasteiger partial charge >= 0.3 is 0 Å². The fourth-order valence-electron chi connectivity index (χ4n) is 2.67. The first-order chi connectivity index (χ1) is 14.5. The zero-order valence-electron chi connectivity index (χ0n) is 16.7. The average molecular weight is 410 g/mol. The highest BCUT2D eigenvalue weighted by molar-refractivity contribution is 5.93. The Morgan fingerprint density at radius 3 is 2.40 bits per heavy atom. The predicted molar refractivity (Wildman–Crippen MR) is 109 cm³/mol. The van der Waals surface area contributed by atoms with Crippen molar-refractivity contribution in [2.24, 2.45) is 5.73 Å². The second kappa shape index (κ2) is 9.50.